The van der Waals surface area contributed by atoms with Crippen molar-refractivity contribution in [3.05, 3.63) is 28.0 Å². The monoisotopic (exact) mass is 268 g/mol. The van der Waals surface area contributed by atoms with Crippen molar-refractivity contribution >= 4 is 35.6 Å². The van der Waals surface area contributed by atoms with Gasteiger partial charge in [0.05, 0.1) is 0 Å². The molecule has 1 atom stereocenters. The fraction of sp³-hybridized carbons (Fsp3) is 0.500. The lowest BCUT2D eigenvalue weighted by atomic mass is 10.0. The standard InChI is InChI=1S/C10H14Cl2N2.ClH/c1-2-3-4-8(13)7-5-6-9(11)14-10(7)12;/h5-6,8H,2-4,13H2,1H3;1H/t8-;/m1./s1. The average Bonchev–Trinajstić information content (AvgIpc) is 2.14. The summed E-state index contributed by atoms with van der Waals surface area (Å²) in [6.45, 7) is 2.13. The quantitative estimate of drug-likeness (QED) is 0.839. The fourth-order valence-electron chi connectivity index (χ4n) is 1.28. The number of unbranched alkanes of at least 4 members (excludes halogenated alkanes) is 1. The highest BCUT2D eigenvalue weighted by Crippen LogP contribution is 2.24. The second-order valence-corrected chi connectivity index (χ2v) is 4.01. The van der Waals surface area contributed by atoms with E-state index in [4.69, 9.17) is 28.9 Å². The molecule has 1 aromatic heterocycles. The van der Waals surface area contributed by atoms with E-state index in [2.05, 4.69) is 11.9 Å². The Hall–Kier alpha value is -0.0200. The van der Waals surface area contributed by atoms with Crippen LogP contribution in [0.4, 0.5) is 0 Å². The molecule has 1 aromatic rings. The van der Waals surface area contributed by atoms with Crippen LogP contribution in [0.1, 0.15) is 37.8 Å². The van der Waals surface area contributed by atoms with Crippen LogP contribution in [-0.2, 0) is 0 Å². The summed E-state index contributed by atoms with van der Waals surface area (Å²) in [5.41, 5.74) is 6.84. The highest BCUT2D eigenvalue weighted by atomic mass is 35.5. The molecule has 0 saturated heterocycles. The van der Waals surface area contributed by atoms with Gasteiger partial charge in [-0.15, -0.1) is 12.4 Å². The van der Waals surface area contributed by atoms with E-state index in [0.29, 0.717) is 10.3 Å². The zero-order chi connectivity index (χ0) is 10.6. The van der Waals surface area contributed by atoms with Crippen LogP contribution >= 0.6 is 35.6 Å². The van der Waals surface area contributed by atoms with Gasteiger partial charge >= 0.3 is 0 Å². The Balaban J connectivity index is 0.00000196. The topological polar surface area (TPSA) is 38.9 Å². The first kappa shape index (κ1) is 15.0. The molecule has 86 valence electrons. The van der Waals surface area contributed by atoms with Crippen LogP contribution in [0.25, 0.3) is 0 Å². The minimum absolute atomic E-state index is 0. The molecule has 1 heterocycles. The highest BCUT2D eigenvalue weighted by molar-refractivity contribution is 6.32. The van der Waals surface area contributed by atoms with Crippen molar-refractivity contribution in [2.45, 2.75) is 32.2 Å². The molecule has 0 radical (unpaired) electrons. The predicted octanol–water partition coefficient (Wildman–Crippen LogP) is 4.00. The van der Waals surface area contributed by atoms with E-state index in [1.807, 2.05) is 6.07 Å². The second-order valence-electron chi connectivity index (χ2n) is 3.26. The smallest absolute Gasteiger partial charge is 0.135 e. The van der Waals surface area contributed by atoms with Gasteiger partial charge in [0.2, 0.25) is 0 Å². The van der Waals surface area contributed by atoms with Gasteiger partial charge < -0.3 is 5.73 Å². The van der Waals surface area contributed by atoms with Crippen LogP contribution in [0.2, 0.25) is 10.3 Å². The van der Waals surface area contributed by atoms with Gasteiger partial charge in [-0.1, -0.05) is 49.0 Å². The Kier molecular flexibility index (Phi) is 7.28. The lowest BCUT2D eigenvalue weighted by molar-refractivity contribution is 0.602. The van der Waals surface area contributed by atoms with Crippen molar-refractivity contribution in [1.82, 2.24) is 4.98 Å². The van der Waals surface area contributed by atoms with Gasteiger partial charge in [-0.05, 0) is 12.5 Å². The van der Waals surface area contributed by atoms with Crippen LogP contribution in [0, 0.1) is 0 Å². The van der Waals surface area contributed by atoms with Crippen molar-refractivity contribution in [2.75, 3.05) is 0 Å². The van der Waals surface area contributed by atoms with Gasteiger partial charge in [0, 0.05) is 11.6 Å². The summed E-state index contributed by atoms with van der Waals surface area (Å²) in [5.74, 6) is 0. The summed E-state index contributed by atoms with van der Waals surface area (Å²) >= 11 is 11.6. The Bertz CT molecular complexity index is 305. The molecular formula is C10H15Cl3N2. The number of nitrogens with two attached hydrogens (primary N) is 1. The maximum atomic E-state index is 5.96. The van der Waals surface area contributed by atoms with Crippen molar-refractivity contribution in [3.63, 3.8) is 0 Å². The fourth-order valence-corrected chi connectivity index (χ4v) is 1.76. The van der Waals surface area contributed by atoms with Crippen molar-refractivity contribution < 1.29 is 0 Å². The second kappa shape index (κ2) is 7.29. The largest absolute Gasteiger partial charge is 0.324 e. The molecular weight excluding hydrogens is 254 g/mol. The van der Waals surface area contributed by atoms with Crippen molar-refractivity contribution in [1.29, 1.82) is 0 Å². The summed E-state index contributed by atoms with van der Waals surface area (Å²) in [6, 6.07) is 3.53. The predicted molar refractivity (Wildman–Crippen MR) is 68.0 cm³/mol. The van der Waals surface area contributed by atoms with Gasteiger partial charge in [0.1, 0.15) is 10.3 Å². The maximum absolute atomic E-state index is 5.96. The van der Waals surface area contributed by atoms with Crippen LogP contribution in [0.3, 0.4) is 0 Å². The Morgan fingerprint density at radius 3 is 2.60 bits per heavy atom. The van der Waals surface area contributed by atoms with E-state index in [0.717, 1.165) is 24.8 Å². The van der Waals surface area contributed by atoms with E-state index >= 15 is 0 Å². The zero-order valence-corrected chi connectivity index (χ0v) is 10.9. The normalized spacial score (nSPS) is 12.0. The first-order valence-electron chi connectivity index (χ1n) is 4.72. The molecule has 15 heavy (non-hydrogen) atoms. The minimum Gasteiger partial charge on any atom is -0.324 e. The molecule has 0 aliphatic carbocycles. The van der Waals surface area contributed by atoms with Crippen LogP contribution < -0.4 is 5.73 Å². The first-order valence-corrected chi connectivity index (χ1v) is 5.48. The third-order valence-corrected chi connectivity index (χ3v) is 2.62. The number of hydrogen-bond donors (Lipinski definition) is 1. The molecule has 0 bridgehead atoms. The highest BCUT2D eigenvalue weighted by Gasteiger charge is 2.10. The summed E-state index contributed by atoms with van der Waals surface area (Å²) in [5, 5.41) is 0.822. The number of nitrogens with zero attached hydrogens (tertiary/aromatic N) is 1. The average molecular weight is 270 g/mol. The minimum atomic E-state index is -0.0350. The SMILES string of the molecule is CCCC[C@@H](N)c1ccc(Cl)nc1Cl.Cl. The molecule has 0 saturated carbocycles. The molecule has 0 unspecified atom stereocenters. The third kappa shape index (κ3) is 4.56. The van der Waals surface area contributed by atoms with Gasteiger partial charge in [-0.2, -0.15) is 0 Å². The number of aromatic nitrogens is 1. The molecule has 2 N–H and O–H groups in total. The lowest BCUT2D eigenvalue weighted by Gasteiger charge is -2.12. The van der Waals surface area contributed by atoms with Crippen LogP contribution in [0.5, 0.6) is 0 Å². The van der Waals surface area contributed by atoms with Crippen molar-refractivity contribution in [2.24, 2.45) is 5.73 Å². The van der Waals surface area contributed by atoms with Crippen LogP contribution in [0.15, 0.2) is 12.1 Å². The lowest BCUT2D eigenvalue weighted by Crippen LogP contribution is -2.11. The van der Waals surface area contributed by atoms with E-state index < -0.39 is 0 Å². The van der Waals surface area contributed by atoms with Crippen molar-refractivity contribution in [3.8, 4) is 0 Å². The number of pyridine rings is 1. The summed E-state index contributed by atoms with van der Waals surface area (Å²) in [4.78, 5) is 3.95. The van der Waals surface area contributed by atoms with Gasteiger partial charge in [0.15, 0.2) is 0 Å². The number of halogens is 3. The van der Waals surface area contributed by atoms with E-state index in [-0.39, 0.29) is 18.4 Å². The summed E-state index contributed by atoms with van der Waals surface area (Å²) in [6.07, 6.45) is 3.16. The molecule has 0 spiro atoms. The molecule has 5 heteroatoms. The van der Waals surface area contributed by atoms with Gasteiger partial charge in [0.25, 0.3) is 0 Å². The summed E-state index contributed by atoms with van der Waals surface area (Å²) in [7, 11) is 0. The Morgan fingerprint density at radius 1 is 1.40 bits per heavy atom. The van der Waals surface area contributed by atoms with E-state index in [1.54, 1.807) is 6.07 Å². The summed E-state index contributed by atoms with van der Waals surface area (Å²) < 4.78 is 0. The zero-order valence-electron chi connectivity index (χ0n) is 8.54. The van der Waals surface area contributed by atoms with E-state index in [1.165, 1.54) is 0 Å². The Morgan fingerprint density at radius 2 is 2.07 bits per heavy atom. The first-order chi connectivity index (χ1) is 6.65. The molecule has 2 nitrogen and oxygen atoms in total. The molecule has 0 aromatic carbocycles. The molecule has 0 aliphatic heterocycles. The Labute approximate surface area is 107 Å². The molecule has 0 amide bonds. The molecule has 0 aliphatic rings. The van der Waals surface area contributed by atoms with E-state index in [9.17, 15) is 0 Å². The van der Waals surface area contributed by atoms with Gasteiger partial charge in [-0.25, -0.2) is 4.98 Å². The van der Waals surface area contributed by atoms with Gasteiger partial charge in [-0.3, -0.25) is 0 Å². The number of rotatable bonds is 4. The maximum Gasteiger partial charge on any atom is 0.135 e. The van der Waals surface area contributed by atoms with Crippen LogP contribution in [-0.4, -0.2) is 4.98 Å². The molecule has 1 rings (SSSR count). The third-order valence-electron chi connectivity index (χ3n) is 2.11. The molecule has 0 fully saturated rings. The number of hydrogen-bond acceptors (Lipinski definition) is 2.